The van der Waals surface area contributed by atoms with Gasteiger partial charge in [0.2, 0.25) is 5.89 Å². The van der Waals surface area contributed by atoms with E-state index in [4.69, 9.17) is 20.9 Å². The summed E-state index contributed by atoms with van der Waals surface area (Å²) in [5.74, 6) is 0.577. The van der Waals surface area contributed by atoms with Gasteiger partial charge in [0.05, 0.1) is 11.5 Å². The normalized spacial score (nSPS) is 11.8. The Morgan fingerprint density at radius 3 is 2.92 bits per heavy atom. The number of halogens is 1. The largest absolute Gasteiger partial charge is 0.452 e. The highest BCUT2D eigenvalue weighted by atomic mass is 35.5. The molecule has 1 N–H and O–H groups in total. The molecule has 0 aliphatic carbocycles. The van der Waals surface area contributed by atoms with Crippen molar-refractivity contribution in [1.82, 2.24) is 10.1 Å². The van der Waals surface area contributed by atoms with Crippen LogP contribution in [0.1, 0.15) is 18.6 Å². The van der Waals surface area contributed by atoms with Crippen LogP contribution in [0.4, 0.5) is 5.69 Å². The van der Waals surface area contributed by atoms with Crippen LogP contribution in [0.25, 0.3) is 0 Å². The molecule has 0 saturated heterocycles. The number of ether oxygens (including phenoxy) is 1. The second kappa shape index (κ2) is 8.70. The number of amides is 1. The predicted octanol–water partition coefficient (Wildman–Crippen LogP) is 2.84. The average molecular weight is 370 g/mol. The zero-order valence-corrected chi connectivity index (χ0v) is 14.7. The van der Waals surface area contributed by atoms with Gasteiger partial charge < -0.3 is 14.6 Å². The molecule has 1 heterocycles. The lowest BCUT2D eigenvalue weighted by atomic mass is 10.3. The molecule has 0 aliphatic heterocycles. The molecule has 1 atom stereocenters. The zero-order valence-electron chi connectivity index (χ0n) is 13.1. The summed E-state index contributed by atoms with van der Waals surface area (Å²) in [4.78, 5) is 27.8. The Kier molecular flexibility index (Phi) is 6.62. The minimum absolute atomic E-state index is 0.0857. The van der Waals surface area contributed by atoms with Crippen molar-refractivity contribution in [3.05, 3.63) is 41.0 Å². The fraction of sp³-hybridized carbons (Fsp3) is 0.333. The topological polar surface area (TPSA) is 94.3 Å². The number of carbonyl (C=O) groups excluding carboxylic acids is 2. The van der Waals surface area contributed by atoms with Crippen LogP contribution in [0.15, 0.2) is 28.8 Å². The Labute approximate surface area is 148 Å². The molecular formula is C15H16ClN3O4S. The van der Waals surface area contributed by atoms with E-state index < -0.39 is 18.0 Å². The average Bonchev–Trinajstić information content (AvgIpc) is 2.92. The quantitative estimate of drug-likeness (QED) is 0.750. The van der Waals surface area contributed by atoms with Crippen LogP contribution in [-0.4, -0.2) is 33.9 Å². The molecule has 2 aromatic rings. The van der Waals surface area contributed by atoms with Crippen molar-refractivity contribution in [3.63, 3.8) is 0 Å². The first-order valence-electron chi connectivity index (χ1n) is 7.07. The molecule has 24 heavy (non-hydrogen) atoms. The summed E-state index contributed by atoms with van der Waals surface area (Å²) in [5, 5.41) is 6.86. The Morgan fingerprint density at radius 1 is 1.46 bits per heavy atom. The van der Waals surface area contributed by atoms with Crippen LogP contribution >= 0.6 is 23.4 Å². The number of hydrogen-bond donors (Lipinski definition) is 1. The summed E-state index contributed by atoms with van der Waals surface area (Å²) in [6.07, 6.45) is -0.912. The Morgan fingerprint density at radius 2 is 2.25 bits per heavy atom. The summed E-state index contributed by atoms with van der Waals surface area (Å²) in [5.41, 5.74) is 0.539. The van der Waals surface area contributed by atoms with Crippen molar-refractivity contribution in [2.45, 2.75) is 25.7 Å². The number of thioether (sulfide) groups is 1. The van der Waals surface area contributed by atoms with Gasteiger partial charge in [-0.15, -0.1) is 11.8 Å². The van der Waals surface area contributed by atoms with E-state index in [0.717, 1.165) is 0 Å². The summed E-state index contributed by atoms with van der Waals surface area (Å²) in [6.45, 7) is 3.20. The number of rotatable bonds is 7. The summed E-state index contributed by atoms with van der Waals surface area (Å²) in [6, 6.07) is 6.71. The molecule has 0 radical (unpaired) electrons. The lowest BCUT2D eigenvalue weighted by Crippen LogP contribution is -2.30. The number of benzene rings is 1. The van der Waals surface area contributed by atoms with Gasteiger partial charge in [-0.3, -0.25) is 9.59 Å². The maximum absolute atomic E-state index is 12.0. The van der Waals surface area contributed by atoms with Crippen molar-refractivity contribution < 1.29 is 18.8 Å². The molecule has 2 rings (SSSR count). The van der Waals surface area contributed by atoms with Crippen molar-refractivity contribution in [2.75, 3.05) is 11.1 Å². The van der Waals surface area contributed by atoms with Gasteiger partial charge in [0.1, 0.15) is 0 Å². The highest BCUT2D eigenvalue weighted by molar-refractivity contribution is 7.99. The van der Waals surface area contributed by atoms with Gasteiger partial charge in [0, 0.05) is 17.6 Å². The predicted molar refractivity (Wildman–Crippen MR) is 90.8 cm³/mol. The van der Waals surface area contributed by atoms with Gasteiger partial charge in [0.25, 0.3) is 5.91 Å². The molecule has 1 amide bonds. The molecule has 7 nitrogen and oxygen atoms in total. The third-order valence-corrected chi connectivity index (χ3v) is 3.93. The van der Waals surface area contributed by atoms with Gasteiger partial charge >= 0.3 is 5.97 Å². The highest BCUT2D eigenvalue weighted by Crippen LogP contribution is 2.15. The van der Waals surface area contributed by atoms with E-state index in [-0.39, 0.29) is 5.75 Å². The minimum Gasteiger partial charge on any atom is -0.452 e. The second-order valence-electron chi connectivity index (χ2n) is 4.85. The molecule has 9 heteroatoms. The van der Waals surface area contributed by atoms with E-state index >= 15 is 0 Å². The smallest absolute Gasteiger partial charge is 0.316 e. The maximum atomic E-state index is 12.0. The fourth-order valence-electron chi connectivity index (χ4n) is 1.72. The SMILES string of the molecule is Cc1nc(CSCC(=O)OC(C)C(=O)Nc2cccc(Cl)c2)no1. The van der Waals surface area contributed by atoms with E-state index in [2.05, 4.69) is 15.5 Å². The summed E-state index contributed by atoms with van der Waals surface area (Å²) < 4.78 is 9.92. The first-order chi connectivity index (χ1) is 11.4. The maximum Gasteiger partial charge on any atom is 0.316 e. The molecule has 0 spiro atoms. The van der Waals surface area contributed by atoms with Gasteiger partial charge in [-0.05, 0) is 25.1 Å². The number of esters is 1. The fourth-order valence-corrected chi connectivity index (χ4v) is 2.55. The van der Waals surface area contributed by atoms with E-state index in [1.165, 1.54) is 18.7 Å². The molecule has 1 aromatic carbocycles. The number of nitrogens with zero attached hydrogens (tertiary/aromatic N) is 2. The second-order valence-corrected chi connectivity index (χ2v) is 6.28. The lowest BCUT2D eigenvalue weighted by Gasteiger charge is -2.13. The molecule has 128 valence electrons. The third-order valence-electron chi connectivity index (χ3n) is 2.79. The minimum atomic E-state index is -0.912. The monoisotopic (exact) mass is 369 g/mol. The van der Waals surface area contributed by atoms with Gasteiger partial charge in [0.15, 0.2) is 11.9 Å². The van der Waals surface area contributed by atoms with Crippen LogP contribution in [0, 0.1) is 6.92 Å². The molecule has 0 fully saturated rings. The Bertz CT molecular complexity index is 722. The number of nitrogens with one attached hydrogen (secondary N) is 1. The first kappa shape index (κ1) is 18.3. The van der Waals surface area contributed by atoms with Crippen LogP contribution in [0.3, 0.4) is 0 Å². The lowest BCUT2D eigenvalue weighted by molar-refractivity contribution is -0.150. The number of aryl methyl sites for hydroxylation is 1. The molecule has 0 bridgehead atoms. The van der Waals surface area contributed by atoms with Crippen LogP contribution in [0.5, 0.6) is 0 Å². The van der Waals surface area contributed by atoms with Crippen molar-refractivity contribution in [1.29, 1.82) is 0 Å². The number of carbonyl (C=O) groups is 2. The van der Waals surface area contributed by atoms with Crippen LogP contribution in [-0.2, 0) is 20.1 Å². The van der Waals surface area contributed by atoms with E-state index in [1.807, 2.05) is 0 Å². The Hall–Kier alpha value is -2.06. The third kappa shape index (κ3) is 5.86. The number of hydrogen-bond acceptors (Lipinski definition) is 7. The molecular weight excluding hydrogens is 354 g/mol. The van der Waals surface area contributed by atoms with Crippen molar-refractivity contribution in [2.24, 2.45) is 0 Å². The number of anilines is 1. The van der Waals surface area contributed by atoms with E-state index in [1.54, 1.807) is 31.2 Å². The zero-order chi connectivity index (χ0) is 17.5. The van der Waals surface area contributed by atoms with Gasteiger partial charge in [-0.1, -0.05) is 22.8 Å². The van der Waals surface area contributed by atoms with Gasteiger partial charge in [-0.25, -0.2) is 0 Å². The van der Waals surface area contributed by atoms with Crippen molar-refractivity contribution in [3.8, 4) is 0 Å². The number of aromatic nitrogens is 2. The van der Waals surface area contributed by atoms with E-state index in [0.29, 0.717) is 28.2 Å². The molecule has 1 unspecified atom stereocenters. The standard InChI is InChI=1S/C15H16ClN3O4S/c1-9(15(21)18-12-5-3-4-11(16)6-12)22-14(20)8-24-7-13-17-10(2)23-19-13/h3-6,9H,7-8H2,1-2H3,(H,18,21). The molecule has 0 saturated carbocycles. The summed E-state index contributed by atoms with van der Waals surface area (Å²) in [7, 11) is 0. The summed E-state index contributed by atoms with van der Waals surface area (Å²) >= 11 is 7.12. The molecule has 0 aliphatic rings. The molecule has 1 aromatic heterocycles. The first-order valence-corrected chi connectivity index (χ1v) is 8.60. The highest BCUT2D eigenvalue weighted by Gasteiger charge is 2.18. The van der Waals surface area contributed by atoms with Crippen molar-refractivity contribution >= 4 is 40.9 Å². The van der Waals surface area contributed by atoms with Gasteiger partial charge in [-0.2, -0.15) is 4.98 Å². The Balaban J connectivity index is 1.73. The van der Waals surface area contributed by atoms with E-state index in [9.17, 15) is 9.59 Å². The van der Waals surface area contributed by atoms with Crippen LogP contribution < -0.4 is 5.32 Å². The van der Waals surface area contributed by atoms with Crippen LogP contribution in [0.2, 0.25) is 5.02 Å².